The van der Waals surface area contributed by atoms with E-state index in [0.717, 1.165) is 12.2 Å². The van der Waals surface area contributed by atoms with Crippen LogP contribution in [0.15, 0.2) is 23.8 Å². The van der Waals surface area contributed by atoms with Gasteiger partial charge in [0.1, 0.15) is 18.9 Å². The molecule has 0 spiro atoms. The number of carbonyl (C=O) groups is 4. The molecule has 0 bridgehead atoms. The summed E-state index contributed by atoms with van der Waals surface area (Å²) in [5.74, 6) is -6.13. The van der Waals surface area contributed by atoms with E-state index in [1.165, 1.54) is 19.9 Å². The highest BCUT2D eigenvalue weighted by atomic mass is 19.1. The van der Waals surface area contributed by atoms with Crippen molar-refractivity contribution < 1.29 is 87.6 Å². The smallest absolute Gasteiger partial charge is 0.332 e. The minimum atomic E-state index is -2.57. The van der Waals surface area contributed by atoms with E-state index in [2.05, 4.69) is 9.68 Å². The fraction of sp³-hybridized carbons (Fsp3) is 0.742. The van der Waals surface area contributed by atoms with Crippen LogP contribution < -0.4 is 0 Å². The molecule has 0 aromatic carbocycles. The number of esters is 2. The van der Waals surface area contributed by atoms with Crippen molar-refractivity contribution in [2.24, 2.45) is 22.7 Å². The summed E-state index contributed by atoms with van der Waals surface area (Å²) >= 11 is 0. The summed E-state index contributed by atoms with van der Waals surface area (Å²) in [6.45, 7) is 0.338. The van der Waals surface area contributed by atoms with E-state index in [0.29, 0.717) is 0 Å². The first-order valence-electron chi connectivity index (χ1n) is 16.3. The van der Waals surface area contributed by atoms with E-state index in [9.17, 15) is 29.4 Å². The van der Waals surface area contributed by atoms with Crippen molar-refractivity contribution in [3.05, 3.63) is 23.8 Å². The molecule has 288 valence electrons. The summed E-state index contributed by atoms with van der Waals surface area (Å²) in [6, 6.07) is 0. The Morgan fingerprint density at radius 1 is 0.882 bits per heavy atom. The molecule has 0 heterocycles. The van der Waals surface area contributed by atoms with Crippen LogP contribution in [0.5, 0.6) is 0 Å². The number of rotatable bonds is 18. The minimum Gasteiger partial charge on any atom is -0.456 e. The number of hydrogen-bond donors (Lipinski definition) is 6. The third kappa shape index (κ3) is 7.92. The van der Waals surface area contributed by atoms with Crippen LogP contribution in [-0.4, -0.2) is 141 Å². The number of ether oxygens (including phenoxy) is 4. The second kappa shape index (κ2) is 16.4. The molecule has 4 aliphatic rings. The van der Waals surface area contributed by atoms with Crippen molar-refractivity contribution in [2.75, 3.05) is 46.2 Å². The summed E-state index contributed by atoms with van der Waals surface area (Å²) < 4.78 is 54.5. The maximum absolute atomic E-state index is 17.6. The average Bonchev–Trinajstić information content (AvgIpc) is 3.27. The monoisotopic (exact) mass is 738 g/mol. The first-order valence-corrected chi connectivity index (χ1v) is 16.3. The molecule has 0 aromatic heterocycles. The number of halogens is 2. The van der Waals surface area contributed by atoms with Gasteiger partial charge in [0.2, 0.25) is 11.4 Å². The predicted octanol–water partition coefficient (Wildman–Crippen LogP) is 0.508. The highest BCUT2D eigenvalue weighted by molar-refractivity contribution is 6.01. The number of hydrogen-bond acceptors (Lipinski definition) is 18. The molecule has 51 heavy (non-hydrogen) atoms. The van der Waals surface area contributed by atoms with Gasteiger partial charge in [-0.25, -0.2) is 18.4 Å². The minimum absolute atomic E-state index is 0.0289. The van der Waals surface area contributed by atoms with Crippen LogP contribution in [0.4, 0.5) is 8.78 Å². The first-order chi connectivity index (χ1) is 23.9. The Balaban J connectivity index is 1.54. The molecule has 9 atom stereocenters. The quantitative estimate of drug-likeness (QED) is 0.0636. The lowest BCUT2D eigenvalue weighted by atomic mass is 9.44. The number of carbonyl (C=O) groups excluding carboxylic acids is 4. The van der Waals surface area contributed by atoms with Crippen LogP contribution >= 0.6 is 0 Å². The third-order valence-electron chi connectivity index (χ3n) is 10.6. The van der Waals surface area contributed by atoms with E-state index in [4.69, 9.17) is 39.8 Å². The fourth-order valence-electron chi connectivity index (χ4n) is 8.39. The Kier molecular flexibility index (Phi) is 13.2. The maximum Gasteiger partial charge on any atom is 0.332 e. The predicted molar refractivity (Wildman–Crippen MR) is 158 cm³/mol. The van der Waals surface area contributed by atoms with Gasteiger partial charge in [0, 0.05) is 23.2 Å². The van der Waals surface area contributed by atoms with Crippen LogP contribution in [0.3, 0.4) is 0 Å². The van der Waals surface area contributed by atoms with E-state index >= 15 is 8.78 Å². The molecule has 3 saturated carbocycles. The molecule has 4 aliphatic carbocycles. The SMILES string of the molecule is C[C@]12C=CC(=O)C=C1[C@@H](F)CC1C3C[C@@H](O)[C@](OC(=O)CCCON(O)O)(C(=O)COC(=O)COCCOCCON(O)O)[C@@]3(C)C[C@H](O)[C@@]12F. The van der Waals surface area contributed by atoms with Gasteiger partial charge in [-0.2, -0.15) is 0 Å². The Labute approximate surface area is 290 Å². The summed E-state index contributed by atoms with van der Waals surface area (Å²) in [4.78, 5) is 60.7. The second-order valence-electron chi connectivity index (χ2n) is 13.3. The fourth-order valence-corrected chi connectivity index (χ4v) is 8.39. The number of aliphatic hydroxyl groups is 2. The molecular formula is C31H44F2N2O16. The van der Waals surface area contributed by atoms with E-state index in [1.807, 2.05) is 0 Å². The highest BCUT2D eigenvalue weighted by Crippen LogP contribution is 2.70. The molecular weight excluding hydrogens is 694 g/mol. The molecule has 2 unspecified atom stereocenters. The first kappa shape index (κ1) is 40.9. The molecule has 4 rings (SSSR count). The van der Waals surface area contributed by atoms with Gasteiger partial charge in [-0.3, -0.25) is 40.1 Å². The van der Waals surface area contributed by atoms with Crippen molar-refractivity contribution in [1.82, 2.24) is 10.8 Å². The van der Waals surface area contributed by atoms with Gasteiger partial charge >= 0.3 is 11.9 Å². The van der Waals surface area contributed by atoms with Crippen molar-refractivity contribution in [3.63, 3.8) is 0 Å². The van der Waals surface area contributed by atoms with Crippen LogP contribution in [0.2, 0.25) is 0 Å². The number of aliphatic hydroxyl groups excluding tert-OH is 2. The van der Waals surface area contributed by atoms with Gasteiger partial charge in [0.05, 0.1) is 49.9 Å². The normalized spacial score (nSPS) is 35.6. The summed E-state index contributed by atoms with van der Waals surface area (Å²) in [7, 11) is 0. The number of alkyl halides is 2. The zero-order chi connectivity index (χ0) is 37.8. The van der Waals surface area contributed by atoms with Crippen molar-refractivity contribution in [1.29, 1.82) is 0 Å². The number of allylic oxidation sites excluding steroid dienone is 4. The average molecular weight is 739 g/mol. The Hall–Kier alpha value is -2.86. The Bertz CT molecular complexity index is 1370. The maximum atomic E-state index is 17.6. The standard InChI is InChI=1S/C31H44F2N2O16/c1-28-6-5-18(36)12-21(28)22(32)13-20-19-14-23(37)31(29(19,2)15-24(38)30(20,28)33,51-26(40)4-3-7-49-34(42)43)25(39)16-48-27(41)17-47-9-8-46-10-11-50-35(44)45/h5-6,12,19-20,22-24,37-38,42-45H,3-4,7-11,13-17H2,1-2H3/t19?,20?,22-,23+,24-,28-,29-,30-,31-/m0/s1. The molecule has 0 aromatic rings. The number of fused-ring (bicyclic) bond motifs is 5. The van der Waals surface area contributed by atoms with E-state index < -0.39 is 119 Å². The molecule has 0 radical (unpaired) electrons. The second-order valence-corrected chi connectivity index (χ2v) is 13.3. The van der Waals surface area contributed by atoms with Gasteiger partial charge < -0.3 is 29.2 Å². The van der Waals surface area contributed by atoms with Gasteiger partial charge in [-0.05, 0) is 56.3 Å². The molecule has 0 amide bonds. The molecule has 3 fully saturated rings. The van der Waals surface area contributed by atoms with Crippen molar-refractivity contribution in [2.45, 2.75) is 75.6 Å². The summed E-state index contributed by atoms with van der Waals surface area (Å²) in [5, 5.41) is 56.6. The van der Waals surface area contributed by atoms with Crippen LogP contribution in [0.25, 0.3) is 0 Å². The molecule has 0 aliphatic heterocycles. The van der Waals surface area contributed by atoms with Crippen molar-refractivity contribution in [3.8, 4) is 0 Å². The van der Waals surface area contributed by atoms with Gasteiger partial charge in [-0.1, -0.05) is 13.0 Å². The highest BCUT2D eigenvalue weighted by Gasteiger charge is 2.78. The zero-order valence-corrected chi connectivity index (χ0v) is 28.0. The third-order valence-corrected chi connectivity index (χ3v) is 10.6. The van der Waals surface area contributed by atoms with Crippen LogP contribution in [0.1, 0.15) is 46.0 Å². The lowest BCUT2D eigenvalue weighted by molar-refractivity contribution is -0.493. The van der Waals surface area contributed by atoms with Gasteiger partial charge in [0.15, 0.2) is 18.1 Å². The zero-order valence-electron chi connectivity index (χ0n) is 28.0. The van der Waals surface area contributed by atoms with Crippen LogP contribution in [-0.2, 0) is 47.8 Å². The molecule has 20 heteroatoms. The Morgan fingerprint density at radius 2 is 1.53 bits per heavy atom. The summed E-state index contributed by atoms with van der Waals surface area (Å²) in [5.41, 5.74) is -8.72. The lowest BCUT2D eigenvalue weighted by Gasteiger charge is -2.63. The molecule has 0 saturated heterocycles. The largest absolute Gasteiger partial charge is 0.456 e. The Morgan fingerprint density at radius 3 is 2.22 bits per heavy atom. The topological polar surface area (TPSA) is 252 Å². The van der Waals surface area contributed by atoms with E-state index in [-0.39, 0.29) is 51.4 Å². The lowest BCUT2D eigenvalue weighted by Crippen LogP contribution is -2.71. The molecule has 6 N–H and O–H groups in total. The number of nitrogens with zero attached hydrogens (tertiary/aromatic N) is 2. The van der Waals surface area contributed by atoms with Gasteiger partial charge in [0.25, 0.3) is 0 Å². The van der Waals surface area contributed by atoms with Crippen molar-refractivity contribution >= 4 is 23.5 Å². The molecule has 18 nitrogen and oxygen atoms in total. The van der Waals surface area contributed by atoms with Crippen LogP contribution in [0, 0.1) is 22.7 Å². The van der Waals surface area contributed by atoms with Gasteiger partial charge in [-0.15, -0.1) is 0 Å². The number of ketones is 2. The summed E-state index contributed by atoms with van der Waals surface area (Å²) in [6.07, 6.45) is -4.28. The van der Waals surface area contributed by atoms with E-state index in [1.54, 1.807) is 0 Å². The number of Topliss-reactive ketones (excluding diaryl/α,β-unsaturated/α-hetero) is 1.